The summed E-state index contributed by atoms with van der Waals surface area (Å²) in [6.45, 7) is 7.45. The topological polar surface area (TPSA) is 43.0 Å². The molecule has 1 saturated heterocycles. The third kappa shape index (κ3) is 4.33. The first kappa shape index (κ1) is 14.6. The largest absolute Gasteiger partial charge is 0.490 e. The molecule has 0 amide bonds. The molecule has 0 spiro atoms. The van der Waals surface area contributed by atoms with Crippen molar-refractivity contribution in [2.75, 3.05) is 52.5 Å². The summed E-state index contributed by atoms with van der Waals surface area (Å²) in [7, 11) is 0. The minimum absolute atomic E-state index is 0.179. The van der Waals surface area contributed by atoms with Gasteiger partial charge in [-0.1, -0.05) is 12.1 Å². The molecule has 5 nitrogen and oxygen atoms in total. The molecule has 0 bridgehead atoms. The van der Waals surface area contributed by atoms with Gasteiger partial charge in [0.05, 0.1) is 19.8 Å². The average Bonchev–Trinajstić information content (AvgIpc) is 2.74. The average molecular weight is 292 g/mol. The third-order valence-corrected chi connectivity index (χ3v) is 3.92. The minimum atomic E-state index is 0.179. The summed E-state index contributed by atoms with van der Waals surface area (Å²) in [6, 6.07) is 7.89. The van der Waals surface area contributed by atoms with Crippen LogP contribution >= 0.6 is 0 Å². The van der Waals surface area contributed by atoms with Crippen LogP contribution in [0.2, 0.25) is 0 Å². The van der Waals surface area contributed by atoms with Gasteiger partial charge in [0.1, 0.15) is 6.10 Å². The van der Waals surface area contributed by atoms with E-state index in [0.717, 1.165) is 63.9 Å². The smallest absolute Gasteiger partial charge is 0.161 e. The maximum atomic E-state index is 6.03. The third-order valence-electron chi connectivity index (χ3n) is 3.92. The highest BCUT2D eigenvalue weighted by molar-refractivity contribution is 5.40. The number of ether oxygens (including phenoxy) is 3. The van der Waals surface area contributed by atoms with Crippen LogP contribution in [-0.4, -0.2) is 63.5 Å². The van der Waals surface area contributed by atoms with Gasteiger partial charge in [-0.2, -0.15) is 0 Å². The molecule has 0 radical (unpaired) electrons. The molecule has 116 valence electrons. The van der Waals surface area contributed by atoms with Crippen molar-refractivity contribution in [2.24, 2.45) is 0 Å². The Morgan fingerprint density at radius 2 is 1.90 bits per heavy atom. The van der Waals surface area contributed by atoms with E-state index in [1.165, 1.54) is 0 Å². The van der Waals surface area contributed by atoms with Crippen LogP contribution in [0.3, 0.4) is 0 Å². The number of morpholine rings is 1. The van der Waals surface area contributed by atoms with E-state index in [1.807, 2.05) is 24.3 Å². The Morgan fingerprint density at radius 1 is 1.10 bits per heavy atom. The van der Waals surface area contributed by atoms with Gasteiger partial charge in [-0.3, -0.25) is 4.90 Å². The number of para-hydroxylation sites is 2. The number of rotatable bonds is 5. The van der Waals surface area contributed by atoms with E-state index in [0.29, 0.717) is 6.61 Å². The minimum Gasteiger partial charge on any atom is -0.490 e. The molecule has 5 heteroatoms. The van der Waals surface area contributed by atoms with Crippen LogP contribution in [0.15, 0.2) is 24.3 Å². The summed E-state index contributed by atoms with van der Waals surface area (Å²) >= 11 is 0. The first-order chi connectivity index (χ1) is 10.4. The van der Waals surface area contributed by atoms with E-state index in [-0.39, 0.29) is 6.10 Å². The second kappa shape index (κ2) is 7.64. The quantitative estimate of drug-likeness (QED) is 0.824. The maximum Gasteiger partial charge on any atom is 0.161 e. The summed E-state index contributed by atoms with van der Waals surface area (Å²) in [6.07, 6.45) is 1.09. The zero-order valence-corrected chi connectivity index (χ0v) is 12.4. The van der Waals surface area contributed by atoms with Crippen LogP contribution in [-0.2, 0) is 4.74 Å². The van der Waals surface area contributed by atoms with Crippen molar-refractivity contribution in [3.63, 3.8) is 0 Å². The SMILES string of the molecule is c1ccc2c(c1)OCCC(CNCCN1CCOCC1)O2. The lowest BCUT2D eigenvalue weighted by atomic mass is 10.2. The van der Waals surface area contributed by atoms with Gasteiger partial charge in [0, 0.05) is 39.1 Å². The van der Waals surface area contributed by atoms with Crippen LogP contribution in [0.1, 0.15) is 6.42 Å². The molecule has 1 atom stereocenters. The highest BCUT2D eigenvalue weighted by Crippen LogP contribution is 2.30. The van der Waals surface area contributed by atoms with E-state index in [2.05, 4.69) is 10.2 Å². The predicted octanol–water partition coefficient (Wildman–Crippen LogP) is 1.14. The van der Waals surface area contributed by atoms with Gasteiger partial charge < -0.3 is 19.5 Å². The van der Waals surface area contributed by atoms with Gasteiger partial charge in [-0.25, -0.2) is 0 Å². The van der Waals surface area contributed by atoms with Crippen LogP contribution in [0, 0.1) is 0 Å². The fraction of sp³-hybridized carbons (Fsp3) is 0.625. The van der Waals surface area contributed by atoms with Gasteiger partial charge >= 0.3 is 0 Å². The van der Waals surface area contributed by atoms with Crippen LogP contribution in [0.25, 0.3) is 0 Å². The van der Waals surface area contributed by atoms with Crippen molar-refractivity contribution in [1.29, 1.82) is 0 Å². The van der Waals surface area contributed by atoms with E-state index in [9.17, 15) is 0 Å². The van der Waals surface area contributed by atoms with Crippen molar-refractivity contribution < 1.29 is 14.2 Å². The second-order valence-electron chi connectivity index (χ2n) is 5.48. The second-order valence-corrected chi connectivity index (χ2v) is 5.48. The van der Waals surface area contributed by atoms with Gasteiger partial charge in [0.2, 0.25) is 0 Å². The van der Waals surface area contributed by atoms with Crippen LogP contribution in [0.5, 0.6) is 11.5 Å². The fourth-order valence-electron chi connectivity index (χ4n) is 2.67. The molecule has 0 aliphatic carbocycles. The molecule has 2 aliphatic heterocycles. The highest BCUT2D eigenvalue weighted by Gasteiger charge is 2.18. The summed E-state index contributed by atoms with van der Waals surface area (Å²) in [4.78, 5) is 2.43. The molecule has 21 heavy (non-hydrogen) atoms. The first-order valence-electron chi connectivity index (χ1n) is 7.81. The van der Waals surface area contributed by atoms with Gasteiger partial charge in [0.25, 0.3) is 0 Å². The molecule has 2 heterocycles. The van der Waals surface area contributed by atoms with E-state index in [4.69, 9.17) is 14.2 Å². The first-order valence-corrected chi connectivity index (χ1v) is 7.81. The molecule has 1 aromatic rings. The molecular formula is C16H24N2O3. The lowest BCUT2D eigenvalue weighted by molar-refractivity contribution is 0.0381. The number of hydrogen-bond acceptors (Lipinski definition) is 5. The Hall–Kier alpha value is -1.30. The molecule has 3 rings (SSSR count). The molecule has 0 aromatic heterocycles. The van der Waals surface area contributed by atoms with Crippen molar-refractivity contribution in [1.82, 2.24) is 10.2 Å². The Labute approximate surface area is 126 Å². The van der Waals surface area contributed by atoms with Crippen molar-refractivity contribution in [3.8, 4) is 11.5 Å². The molecular weight excluding hydrogens is 268 g/mol. The lowest BCUT2D eigenvalue weighted by Gasteiger charge is -2.26. The number of fused-ring (bicyclic) bond motifs is 1. The van der Waals surface area contributed by atoms with Gasteiger partial charge in [-0.05, 0) is 12.1 Å². The maximum absolute atomic E-state index is 6.03. The molecule has 1 unspecified atom stereocenters. The van der Waals surface area contributed by atoms with E-state index in [1.54, 1.807) is 0 Å². The molecule has 1 aromatic carbocycles. The Bertz CT molecular complexity index is 435. The molecule has 2 aliphatic rings. The summed E-state index contributed by atoms with van der Waals surface area (Å²) in [5.74, 6) is 1.71. The number of benzene rings is 1. The van der Waals surface area contributed by atoms with Crippen molar-refractivity contribution in [3.05, 3.63) is 24.3 Å². The molecule has 1 N–H and O–H groups in total. The van der Waals surface area contributed by atoms with Gasteiger partial charge in [-0.15, -0.1) is 0 Å². The lowest BCUT2D eigenvalue weighted by Crippen LogP contribution is -2.42. The Morgan fingerprint density at radius 3 is 2.76 bits per heavy atom. The normalized spacial score (nSPS) is 22.8. The van der Waals surface area contributed by atoms with E-state index >= 15 is 0 Å². The number of nitrogens with one attached hydrogen (secondary N) is 1. The molecule has 0 saturated carbocycles. The highest BCUT2D eigenvalue weighted by atomic mass is 16.5. The predicted molar refractivity (Wildman–Crippen MR) is 81.1 cm³/mol. The van der Waals surface area contributed by atoms with Crippen molar-refractivity contribution >= 4 is 0 Å². The molecule has 1 fully saturated rings. The van der Waals surface area contributed by atoms with Gasteiger partial charge in [0.15, 0.2) is 11.5 Å². The standard InChI is InChI=1S/C16H24N2O3/c1-2-4-16-15(3-1)20-10-5-14(21-16)13-17-6-7-18-8-11-19-12-9-18/h1-4,14,17H,5-13H2. The van der Waals surface area contributed by atoms with Crippen LogP contribution in [0.4, 0.5) is 0 Å². The monoisotopic (exact) mass is 292 g/mol. The number of hydrogen-bond donors (Lipinski definition) is 1. The Balaban J connectivity index is 1.39. The van der Waals surface area contributed by atoms with Crippen molar-refractivity contribution in [2.45, 2.75) is 12.5 Å². The van der Waals surface area contributed by atoms with E-state index < -0.39 is 0 Å². The number of nitrogens with zero attached hydrogens (tertiary/aromatic N) is 1. The fourth-order valence-corrected chi connectivity index (χ4v) is 2.67. The zero-order valence-electron chi connectivity index (χ0n) is 12.4. The summed E-state index contributed by atoms with van der Waals surface area (Å²) < 4.78 is 17.1. The Kier molecular flexibility index (Phi) is 5.32. The summed E-state index contributed by atoms with van der Waals surface area (Å²) in [5.41, 5.74) is 0. The summed E-state index contributed by atoms with van der Waals surface area (Å²) in [5, 5.41) is 3.50. The zero-order chi connectivity index (χ0) is 14.3. The van der Waals surface area contributed by atoms with Crippen LogP contribution < -0.4 is 14.8 Å².